The van der Waals surface area contributed by atoms with Crippen molar-refractivity contribution >= 4 is 17.3 Å². The van der Waals surface area contributed by atoms with Gasteiger partial charge < -0.3 is 5.11 Å². The van der Waals surface area contributed by atoms with Crippen LogP contribution in [0.15, 0.2) is 11.6 Å². The van der Waals surface area contributed by atoms with Gasteiger partial charge in [0.25, 0.3) is 0 Å². The molecule has 0 saturated carbocycles. The zero-order valence-corrected chi connectivity index (χ0v) is 9.82. The zero-order valence-electron chi connectivity index (χ0n) is 9.00. The van der Waals surface area contributed by atoms with Crippen molar-refractivity contribution < 1.29 is 9.90 Å². The quantitative estimate of drug-likeness (QED) is 0.824. The smallest absolute Gasteiger partial charge is 0.317 e. The first-order valence-corrected chi connectivity index (χ1v) is 6.17. The first kappa shape index (κ1) is 11.5. The zero-order chi connectivity index (χ0) is 11.4. The minimum Gasteiger partial charge on any atom is -0.480 e. The van der Waals surface area contributed by atoms with E-state index in [4.69, 9.17) is 5.11 Å². The average Bonchev–Trinajstić information content (AvgIpc) is 2.73. The molecular weight excluding hydrogens is 226 g/mol. The molecule has 1 aliphatic rings. The summed E-state index contributed by atoms with van der Waals surface area (Å²) in [5.41, 5.74) is 0. The van der Waals surface area contributed by atoms with Crippen molar-refractivity contribution in [1.82, 2.24) is 14.8 Å². The van der Waals surface area contributed by atoms with Crippen molar-refractivity contribution in [1.29, 1.82) is 0 Å². The van der Waals surface area contributed by atoms with E-state index >= 15 is 0 Å². The van der Waals surface area contributed by atoms with Crippen LogP contribution in [0.5, 0.6) is 0 Å². The summed E-state index contributed by atoms with van der Waals surface area (Å²) in [6.07, 6.45) is 1.82. The summed E-state index contributed by atoms with van der Waals surface area (Å²) >= 11 is 1.67. The lowest BCUT2D eigenvalue weighted by Gasteiger charge is -2.33. The number of aromatic nitrogens is 1. The number of hydrogen-bond donors (Lipinski definition) is 1. The number of piperazine rings is 1. The summed E-state index contributed by atoms with van der Waals surface area (Å²) in [5, 5.41) is 11.8. The molecule has 5 nitrogen and oxygen atoms in total. The van der Waals surface area contributed by atoms with Gasteiger partial charge in [0.15, 0.2) is 0 Å². The van der Waals surface area contributed by atoms with Crippen molar-refractivity contribution in [2.45, 2.75) is 6.54 Å². The largest absolute Gasteiger partial charge is 0.480 e. The molecule has 1 aromatic rings. The lowest BCUT2D eigenvalue weighted by Crippen LogP contribution is -2.47. The highest BCUT2D eigenvalue weighted by Gasteiger charge is 2.18. The molecule has 1 fully saturated rings. The van der Waals surface area contributed by atoms with Gasteiger partial charge in [-0.2, -0.15) is 0 Å². The number of carboxylic acid groups (broad SMARTS) is 1. The highest BCUT2D eigenvalue weighted by molar-refractivity contribution is 7.09. The molecule has 88 valence electrons. The van der Waals surface area contributed by atoms with E-state index in [-0.39, 0.29) is 6.54 Å². The second-order valence-electron chi connectivity index (χ2n) is 3.87. The Labute approximate surface area is 98.3 Å². The third-order valence-electron chi connectivity index (χ3n) is 2.67. The Hall–Kier alpha value is -0.980. The Morgan fingerprint density at radius 3 is 2.62 bits per heavy atom. The van der Waals surface area contributed by atoms with Gasteiger partial charge in [0.1, 0.15) is 5.01 Å². The molecule has 1 aromatic heterocycles. The van der Waals surface area contributed by atoms with Gasteiger partial charge in [-0.1, -0.05) is 0 Å². The van der Waals surface area contributed by atoms with Crippen LogP contribution in [0.3, 0.4) is 0 Å². The number of carboxylic acids is 1. The SMILES string of the molecule is O=C(O)CN1CCN(Cc2nccs2)CC1. The van der Waals surface area contributed by atoms with Gasteiger partial charge in [-0.25, -0.2) is 4.98 Å². The molecule has 0 radical (unpaired) electrons. The van der Waals surface area contributed by atoms with Crippen LogP contribution in [0.4, 0.5) is 0 Å². The van der Waals surface area contributed by atoms with Gasteiger partial charge in [0, 0.05) is 37.8 Å². The summed E-state index contributed by atoms with van der Waals surface area (Å²) in [4.78, 5) is 19.1. The van der Waals surface area contributed by atoms with Crippen LogP contribution in [0, 0.1) is 0 Å². The fraction of sp³-hybridized carbons (Fsp3) is 0.600. The molecule has 0 bridgehead atoms. The Morgan fingerprint density at radius 1 is 1.38 bits per heavy atom. The predicted molar refractivity (Wildman–Crippen MR) is 61.5 cm³/mol. The monoisotopic (exact) mass is 241 g/mol. The van der Waals surface area contributed by atoms with Crippen LogP contribution < -0.4 is 0 Å². The van der Waals surface area contributed by atoms with E-state index < -0.39 is 5.97 Å². The molecule has 2 rings (SSSR count). The number of aliphatic carboxylic acids is 1. The second-order valence-corrected chi connectivity index (χ2v) is 4.85. The number of rotatable bonds is 4. The third kappa shape index (κ3) is 3.26. The summed E-state index contributed by atoms with van der Waals surface area (Å²) in [7, 11) is 0. The van der Waals surface area contributed by atoms with E-state index in [2.05, 4.69) is 9.88 Å². The molecule has 0 aliphatic carbocycles. The molecule has 1 aliphatic heterocycles. The highest BCUT2D eigenvalue weighted by Crippen LogP contribution is 2.10. The summed E-state index contributed by atoms with van der Waals surface area (Å²) in [5.74, 6) is -0.742. The Balaban J connectivity index is 1.75. The molecular formula is C10H15N3O2S. The van der Waals surface area contributed by atoms with Crippen molar-refractivity contribution in [2.24, 2.45) is 0 Å². The lowest BCUT2D eigenvalue weighted by molar-refractivity contribution is -0.138. The van der Waals surface area contributed by atoms with Crippen molar-refractivity contribution in [2.75, 3.05) is 32.7 Å². The standard InChI is InChI=1S/C10H15N3O2S/c14-10(15)8-13-4-2-12(3-5-13)7-9-11-1-6-16-9/h1,6H,2-5,7-8H2,(H,14,15). The van der Waals surface area contributed by atoms with Crippen LogP contribution in [0.25, 0.3) is 0 Å². The van der Waals surface area contributed by atoms with Gasteiger partial charge in [-0.3, -0.25) is 14.6 Å². The van der Waals surface area contributed by atoms with Crippen molar-refractivity contribution in [3.63, 3.8) is 0 Å². The van der Waals surface area contributed by atoms with Crippen LogP contribution in [-0.4, -0.2) is 58.6 Å². The first-order valence-electron chi connectivity index (χ1n) is 5.29. The summed E-state index contributed by atoms with van der Waals surface area (Å²) < 4.78 is 0. The van der Waals surface area contributed by atoms with Crippen LogP contribution in [-0.2, 0) is 11.3 Å². The van der Waals surface area contributed by atoms with Gasteiger partial charge in [-0.05, 0) is 0 Å². The number of nitrogens with zero attached hydrogens (tertiary/aromatic N) is 3. The first-order chi connectivity index (χ1) is 7.74. The fourth-order valence-electron chi connectivity index (χ4n) is 1.82. The number of thiazole rings is 1. The topological polar surface area (TPSA) is 56.7 Å². The van der Waals surface area contributed by atoms with E-state index in [1.54, 1.807) is 11.3 Å². The Bertz CT molecular complexity index is 334. The fourth-order valence-corrected chi connectivity index (χ4v) is 2.48. The van der Waals surface area contributed by atoms with Crippen LogP contribution >= 0.6 is 11.3 Å². The van der Waals surface area contributed by atoms with Gasteiger partial charge in [0.05, 0.1) is 13.1 Å². The molecule has 16 heavy (non-hydrogen) atoms. The Kier molecular flexibility index (Phi) is 3.87. The maximum Gasteiger partial charge on any atom is 0.317 e. The van der Waals surface area contributed by atoms with E-state index in [1.807, 2.05) is 16.5 Å². The van der Waals surface area contributed by atoms with Gasteiger partial charge >= 0.3 is 5.97 Å². The number of hydrogen-bond acceptors (Lipinski definition) is 5. The molecule has 1 N–H and O–H groups in total. The Morgan fingerprint density at radius 2 is 2.06 bits per heavy atom. The summed E-state index contributed by atoms with van der Waals surface area (Å²) in [6, 6.07) is 0. The van der Waals surface area contributed by atoms with Crippen LogP contribution in [0.2, 0.25) is 0 Å². The predicted octanol–water partition coefficient (Wildman–Crippen LogP) is 0.345. The third-order valence-corrected chi connectivity index (χ3v) is 3.43. The van der Waals surface area contributed by atoms with Gasteiger partial charge in [-0.15, -0.1) is 11.3 Å². The highest BCUT2D eigenvalue weighted by atomic mass is 32.1. The van der Waals surface area contributed by atoms with Crippen LogP contribution in [0.1, 0.15) is 5.01 Å². The lowest BCUT2D eigenvalue weighted by atomic mass is 10.3. The van der Waals surface area contributed by atoms with E-state index in [0.29, 0.717) is 0 Å². The average molecular weight is 241 g/mol. The number of carbonyl (C=O) groups is 1. The molecule has 0 atom stereocenters. The second kappa shape index (κ2) is 5.38. The van der Waals surface area contributed by atoms with Crippen molar-refractivity contribution in [3.05, 3.63) is 16.6 Å². The van der Waals surface area contributed by atoms with E-state index in [9.17, 15) is 4.79 Å². The van der Waals surface area contributed by atoms with Gasteiger partial charge in [0.2, 0.25) is 0 Å². The summed E-state index contributed by atoms with van der Waals surface area (Å²) in [6.45, 7) is 4.55. The maximum absolute atomic E-state index is 10.5. The van der Waals surface area contributed by atoms with E-state index in [0.717, 1.165) is 37.7 Å². The molecule has 0 aromatic carbocycles. The molecule has 6 heteroatoms. The molecule has 0 unspecified atom stereocenters. The maximum atomic E-state index is 10.5. The minimum atomic E-state index is -0.742. The van der Waals surface area contributed by atoms with E-state index in [1.165, 1.54) is 0 Å². The van der Waals surface area contributed by atoms with Crippen molar-refractivity contribution in [3.8, 4) is 0 Å². The molecule has 0 spiro atoms. The molecule has 1 saturated heterocycles. The molecule has 2 heterocycles. The minimum absolute atomic E-state index is 0.158. The molecule has 0 amide bonds. The normalized spacial score (nSPS) is 18.8.